The van der Waals surface area contributed by atoms with E-state index in [9.17, 15) is 14.7 Å². The topological polar surface area (TPSA) is 115 Å². The number of hydrogen-bond donors (Lipinski definition) is 4. The molecule has 1 aliphatic heterocycles. The molecule has 1 heterocycles. The maximum absolute atomic E-state index is 12.6. The van der Waals surface area contributed by atoms with Crippen LogP contribution in [0.4, 0.5) is 16.2 Å². The van der Waals surface area contributed by atoms with Gasteiger partial charge in [0.2, 0.25) is 0 Å². The lowest BCUT2D eigenvalue weighted by Crippen LogP contribution is -2.40. The van der Waals surface area contributed by atoms with Gasteiger partial charge < -0.3 is 25.4 Å². The number of ether oxygens (including phenoxy) is 1. The summed E-state index contributed by atoms with van der Waals surface area (Å²) in [6.45, 7) is 9.59. The predicted octanol–water partition coefficient (Wildman–Crippen LogP) is 6.34. The SMILES string of the molecule is CCC(C)Oc1cc(C(C)(C)CCC(=N)N2CCC(C(=O)O)CC2)ccc1NC(=O)Nc1ccccc1. The molecule has 3 rings (SSSR count). The number of carboxylic acids is 1. The second kappa shape index (κ2) is 12.6. The maximum atomic E-state index is 12.6. The number of hydrogen-bond acceptors (Lipinski definition) is 4. The molecule has 0 aromatic heterocycles. The Morgan fingerprint density at radius 2 is 1.81 bits per heavy atom. The summed E-state index contributed by atoms with van der Waals surface area (Å²) in [5.41, 5.74) is 2.14. The van der Waals surface area contributed by atoms with Gasteiger partial charge in [0.1, 0.15) is 5.75 Å². The highest BCUT2D eigenvalue weighted by atomic mass is 16.5. The van der Waals surface area contributed by atoms with Crippen molar-refractivity contribution in [2.45, 2.75) is 71.3 Å². The van der Waals surface area contributed by atoms with Gasteiger partial charge in [0.05, 0.1) is 23.5 Å². The zero-order valence-corrected chi connectivity index (χ0v) is 22.3. The Hall–Kier alpha value is -3.55. The maximum Gasteiger partial charge on any atom is 0.323 e. The van der Waals surface area contributed by atoms with E-state index >= 15 is 0 Å². The lowest BCUT2D eigenvalue weighted by atomic mass is 9.80. The van der Waals surface area contributed by atoms with E-state index in [0.29, 0.717) is 55.3 Å². The van der Waals surface area contributed by atoms with Crippen LogP contribution < -0.4 is 15.4 Å². The van der Waals surface area contributed by atoms with Crippen LogP contribution in [-0.2, 0) is 10.2 Å². The second-order valence-electron chi connectivity index (χ2n) is 10.4. The third kappa shape index (κ3) is 7.97. The molecule has 8 nitrogen and oxygen atoms in total. The lowest BCUT2D eigenvalue weighted by Gasteiger charge is -2.34. The van der Waals surface area contributed by atoms with Gasteiger partial charge in [-0.05, 0) is 67.9 Å². The van der Waals surface area contributed by atoms with Gasteiger partial charge in [0.25, 0.3) is 0 Å². The Bertz CT molecular complexity index is 1080. The molecule has 0 aliphatic carbocycles. The number of likely N-dealkylation sites (tertiary alicyclic amines) is 1. The number of benzene rings is 2. The summed E-state index contributed by atoms with van der Waals surface area (Å²) >= 11 is 0. The largest absolute Gasteiger partial charge is 0.489 e. The number of piperidine rings is 1. The van der Waals surface area contributed by atoms with Crippen LogP contribution in [0.25, 0.3) is 0 Å². The number of anilines is 2. The summed E-state index contributed by atoms with van der Waals surface area (Å²) in [6, 6.07) is 14.8. The van der Waals surface area contributed by atoms with Crippen LogP contribution >= 0.6 is 0 Å². The van der Waals surface area contributed by atoms with E-state index in [-0.39, 0.29) is 23.5 Å². The highest BCUT2D eigenvalue weighted by molar-refractivity contribution is 6.00. The van der Waals surface area contributed by atoms with E-state index in [1.807, 2.05) is 60.4 Å². The summed E-state index contributed by atoms with van der Waals surface area (Å²) in [6.07, 6.45) is 3.35. The van der Waals surface area contributed by atoms with Crippen LogP contribution in [0.15, 0.2) is 48.5 Å². The van der Waals surface area contributed by atoms with Gasteiger partial charge in [0.15, 0.2) is 0 Å². The van der Waals surface area contributed by atoms with Crippen LogP contribution in [0.5, 0.6) is 5.75 Å². The molecule has 1 atom stereocenters. The van der Waals surface area contributed by atoms with Gasteiger partial charge >= 0.3 is 12.0 Å². The molecule has 0 radical (unpaired) electrons. The minimum atomic E-state index is -0.738. The van der Waals surface area contributed by atoms with Gasteiger partial charge in [-0.25, -0.2) is 4.79 Å². The molecule has 0 saturated carbocycles. The number of para-hydroxylation sites is 1. The van der Waals surface area contributed by atoms with Crippen molar-refractivity contribution in [3.63, 3.8) is 0 Å². The summed E-state index contributed by atoms with van der Waals surface area (Å²) in [4.78, 5) is 25.8. The number of urea groups is 1. The molecule has 2 aromatic carbocycles. The third-order valence-corrected chi connectivity index (χ3v) is 7.16. The summed E-state index contributed by atoms with van der Waals surface area (Å²) in [5, 5.41) is 23.5. The molecule has 8 heteroatoms. The third-order valence-electron chi connectivity index (χ3n) is 7.16. The minimum absolute atomic E-state index is 0.0157. The summed E-state index contributed by atoms with van der Waals surface area (Å²) in [7, 11) is 0. The number of carbonyl (C=O) groups is 2. The first-order chi connectivity index (χ1) is 17.6. The Labute approximate surface area is 219 Å². The van der Waals surface area contributed by atoms with Gasteiger partial charge in [0, 0.05) is 25.2 Å². The highest BCUT2D eigenvalue weighted by Gasteiger charge is 2.28. The quantitative estimate of drug-likeness (QED) is 0.221. The normalized spacial score (nSPS) is 15.1. The van der Waals surface area contributed by atoms with Crippen molar-refractivity contribution in [2.75, 3.05) is 23.7 Å². The first-order valence-electron chi connectivity index (χ1n) is 13.1. The van der Waals surface area contributed by atoms with Gasteiger partial charge in [-0.15, -0.1) is 0 Å². The number of carbonyl (C=O) groups excluding carboxylic acids is 1. The summed E-state index contributed by atoms with van der Waals surface area (Å²) < 4.78 is 6.19. The molecule has 2 aromatic rings. The van der Waals surface area contributed by atoms with Crippen molar-refractivity contribution in [2.24, 2.45) is 5.92 Å². The molecule has 1 unspecified atom stereocenters. The average Bonchev–Trinajstić information content (AvgIpc) is 2.88. The fraction of sp³-hybridized carbons (Fsp3) is 0.483. The van der Waals surface area contributed by atoms with E-state index < -0.39 is 5.97 Å². The lowest BCUT2D eigenvalue weighted by molar-refractivity contribution is -0.143. The Balaban J connectivity index is 1.67. The number of aliphatic carboxylic acids is 1. The average molecular weight is 509 g/mol. The van der Waals surface area contributed by atoms with E-state index in [0.717, 1.165) is 18.4 Å². The van der Waals surface area contributed by atoms with Crippen molar-refractivity contribution >= 4 is 29.2 Å². The minimum Gasteiger partial charge on any atom is -0.489 e. The first-order valence-corrected chi connectivity index (χ1v) is 13.1. The molecular formula is C29H40N4O4. The molecule has 200 valence electrons. The van der Waals surface area contributed by atoms with Crippen molar-refractivity contribution in [3.8, 4) is 5.75 Å². The van der Waals surface area contributed by atoms with Crippen LogP contribution in [0.1, 0.15) is 65.4 Å². The Morgan fingerprint density at radius 3 is 2.43 bits per heavy atom. The number of nitrogens with one attached hydrogen (secondary N) is 3. The van der Waals surface area contributed by atoms with Gasteiger partial charge in [-0.2, -0.15) is 0 Å². The zero-order valence-electron chi connectivity index (χ0n) is 22.3. The number of rotatable bonds is 10. The fourth-order valence-electron chi connectivity index (χ4n) is 4.38. The number of carboxylic acid groups (broad SMARTS) is 1. The van der Waals surface area contributed by atoms with E-state index in [1.54, 1.807) is 0 Å². The molecular weight excluding hydrogens is 468 g/mol. The second-order valence-corrected chi connectivity index (χ2v) is 10.4. The smallest absolute Gasteiger partial charge is 0.323 e. The van der Waals surface area contributed by atoms with Gasteiger partial charge in [-0.1, -0.05) is 45.0 Å². The Morgan fingerprint density at radius 1 is 1.14 bits per heavy atom. The van der Waals surface area contributed by atoms with Crippen molar-refractivity contribution in [1.29, 1.82) is 5.41 Å². The molecule has 0 bridgehead atoms. The monoisotopic (exact) mass is 508 g/mol. The van der Waals surface area contributed by atoms with E-state index in [4.69, 9.17) is 10.1 Å². The zero-order chi connectivity index (χ0) is 27.0. The summed E-state index contributed by atoms with van der Waals surface area (Å²) in [5.74, 6) is 0.141. The predicted molar refractivity (Wildman–Crippen MR) is 148 cm³/mol. The number of nitrogens with zero attached hydrogens (tertiary/aromatic N) is 1. The molecule has 2 amide bonds. The molecule has 1 saturated heterocycles. The highest BCUT2D eigenvalue weighted by Crippen LogP contribution is 2.36. The van der Waals surface area contributed by atoms with Crippen molar-refractivity contribution in [1.82, 2.24) is 4.90 Å². The van der Waals surface area contributed by atoms with Gasteiger partial charge in [-0.3, -0.25) is 10.2 Å². The molecule has 1 fully saturated rings. The molecule has 4 N–H and O–H groups in total. The van der Waals surface area contributed by atoms with Crippen LogP contribution in [0.3, 0.4) is 0 Å². The molecule has 37 heavy (non-hydrogen) atoms. The van der Waals surface area contributed by atoms with E-state index in [2.05, 4.69) is 31.4 Å². The number of amidine groups is 1. The number of amides is 2. The van der Waals surface area contributed by atoms with Crippen molar-refractivity contribution in [3.05, 3.63) is 54.1 Å². The molecule has 1 aliphatic rings. The standard InChI is InChI=1S/C29H40N4O4/c1-5-20(2)37-25-19-22(11-12-24(25)32-28(36)31-23-9-7-6-8-10-23)29(3,4)16-13-26(30)33-17-14-21(15-18-33)27(34)35/h6-12,19-21,30H,5,13-18H2,1-4H3,(H,34,35)(H2,31,32,36). The fourth-order valence-corrected chi connectivity index (χ4v) is 4.38. The van der Waals surface area contributed by atoms with Crippen LogP contribution in [-0.4, -0.2) is 47.0 Å². The van der Waals surface area contributed by atoms with Crippen LogP contribution in [0.2, 0.25) is 0 Å². The molecule has 0 spiro atoms. The first kappa shape index (κ1) is 28.0. The Kier molecular flexibility index (Phi) is 9.55. The van der Waals surface area contributed by atoms with E-state index in [1.165, 1.54) is 0 Å². The van der Waals surface area contributed by atoms with Crippen molar-refractivity contribution < 1.29 is 19.4 Å². The van der Waals surface area contributed by atoms with Crippen LogP contribution in [0, 0.1) is 11.3 Å².